The molecule has 0 fully saturated rings. The highest BCUT2D eigenvalue weighted by Crippen LogP contribution is 2.28. The number of nitrogens with zero attached hydrogens (tertiary/aromatic N) is 1. The topological polar surface area (TPSA) is 3.24 Å². The number of allylic oxidation sites excluding steroid dienone is 2. The maximum atomic E-state index is 3.99. The summed E-state index contributed by atoms with van der Waals surface area (Å²) in [6.45, 7) is 13.0. The van der Waals surface area contributed by atoms with Crippen LogP contribution in [0.3, 0.4) is 0 Å². The van der Waals surface area contributed by atoms with Crippen molar-refractivity contribution in [2.45, 2.75) is 52.9 Å². The zero-order valence-corrected chi connectivity index (χ0v) is 10.6. The molecule has 86 valence electrons. The largest absolute Gasteiger partial charge is 0.375 e. The van der Waals surface area contributed by atoms with Crippen molar-refractivity contribution in [3.63, 3.8) is 0 Å². The molecule has 0 amide bonds. The zero-order chi connectivity index (χ0) is 11.3. The fourth-order valence-electron chi connectivity index (χ4n) is 2.28. The fraction of sp³-hybridized carbons (Fsp3) is 0.714. The van der Waals surface area contributed by atoms with E-state index in [2.05, 4.69) is 32.3 Å². The molecule has 0 aromatic carbocycles. The molecule has 0 atom stereocenters. The van der Waals surface area contributed by atoms with Crippen molar-refractivity contribution in [2.75, 3.05) is 13.1 Å². The van der Waals surface area contributed by atoms with Gasteiger partial charge in [0.05, 0.1) is 0 Å². The van der Waals surface area contributed by atoms with Crippen LogP contribution in [0.25, 0.3) is 0 Å². The normalized spacial score (nSPS) is 15.9. The third-order valence-electron chi connectivity index (χ3n) is 3.14. The van der Waals surface area contributed by atoms with Crippen LogP contribution in [0.1, 0.15) is 52.9 Å². The maximum Gasteiger partial charge on any atom is 0.0212 e. The van der Waals surface area contributed by atoms with Crippen LogP contribution in [0.4, 0.5) is 0 Å². The second-order valence-electron chi connectivity index (χ2n) is 4.77. The second kappa shape index (κ2) is 5.99. The first-order chi connectivity index (χ1) is 7.15. The lowest BCUT2D eigenvalue weighted by molar-refractivity contribution is 0.338. The van der Waals surface area contributed by atoms with E-state index in [-0.39, 0.29) is 0 Å². The maximum absolute atomic E-state index is 3.99. The fourth-order valence-corrected chi connectivity index (χ4v) is 2.28. The first-order valence-electron chi connectivity index (χ1n) is 6.23. The minimum Gasteiger partial charge on any atom is -0.375 e. The van der Waals surface area contributed by atoms with Crippen LogP contribution in [0.15, 0.2) is 23.4 Å². The minimum absolute atomic E-state index is 1.14. The molecule has 0 radical (unpaired) electrons. The summed E-state index contributed by atoms with van der Waals surface area (Å²) < 4.78 is 0. The van der Waals surface area contributed by atoms with Gasteiger partial charge in [-0.3, -0.25) is 0 Å². The van der Waals surface area contributed by atoms with Gasteiger partial charge >= 0.3 is 0 Å². The summed E-state index contributed by atoms with van der Waals surface area (Å²) in [5.41, 5.74) is 4.54. The van der Waals surface area contributed by atoms with Crippen LogP contribution >= 0.6 is 0 Å². The summed E-state index contributed by atoms with van der Waals surface area (Å²) in [6.07, 6.45) is 6.34. The van der Waals surface area contributed by atoms with Crippen molar-refractivity contribution in [1.82, 2.24) is 4.90 Å². The van der Waals surface area contributed by atoms with Gasteiger partial charge in [-0.2, -0.15) is 0 Å². The van der Waals surface area contributed by atoms with Crippen LogP contribution < -0.4 is 0 Å². The SMILES string of the molecule is C=C(C)CCN(CCC)C1=C(C)CCC1. The zero-order valence-electron chi connectivity index (χ0n) is 10.6. The molecule has 0 spiro atoms. The molecule has 0 unspecified atom stereocenters. The van der Waals surface area contributed by atoms with Crippen LogP contribution in [0.5, 0.6) is 0 Å². The highest BCUT2D eigenvalue weighted by molar-refractivity contribution is 5.16. The first kappa shape index (κ1) is 12.4. The van der Waals surface area contributed by atoms with Gasteiger partial charge in [-0.1, -0.05) is 18.1 Å². The van der Waals surface area contributed by atoms with E-state index in [4.69, 9.17) is 0 Å². The average Bonchev–Trinajstić information content (AvgIpc) is 2.59. The van der Waals surface area contributed by atoms with Gasteiger partial charge in [0.2, 0.25) is 0 Å². The van der Waals surface area contributed by atoms with Gasteiger partial charge in [0.15, 0.2) is 0 Å². The number of rotatable bonds is 6. The van der Waals surface area contributed by atoms with Crippen LogP contribution in [0, 0.1) is 0 Å². The molecule has 0 heterocycles. The molecule has 0 aliphatic heterocycles. The van der Waals surface area contributed by atoms with Crippen molar-refractivity contribution in [2.24, 2.45) is 0 Å². The monoisotopic (exact) mass is 207 g/mol. The Kier molecular flexibility index (Phi) is 4.93. The molecule has 1 aliphatic rings. The molecule has 0 aromatic rings. The summed E-state index contributed by atoms with van der Waals surface area (Å²) in [5, 5.41) is 0. The van der Waals surface area contributed by atoms with Gasteiger partial charge in [-0.05, 0) is 46.0 Å². The van der Waals surface area contributed by atoms with Crippen molar-refractivity contribution in [3.05, 3.63) is 23.4 Å². The van der Waals surface area contributed by atoms with E-state index in [0.29, 0.717) is 0 Å². The van der Waals surface area contributed by atoms with E-state index in [1.807, 2.05) is 0 Å². The first-order valence-corrected chi connectivity index (χ1v) is 6.23. The molecule has 0 saturated carbocycles. The highest BCUT2D eigenvalue weighted by Gasteiger charge is 2.16. The van der Waals surface area contributed by atoms with Crippen molar-refractivity contribution >= 4 is 0 Å². The van der Waals surface area contributed by atoms with Gasteiger partial charge in [0, 0.05) is 18.8 Å². The Balaban J connectivity index is 2.56. The predicted molar refractivity (Wildman–Crippen MR) is 67.8 cm³/mol. The molecule has 1 heteroatoms. The molecule has 0 aromatic heterocycles. The smallest absolute Gasteiger partial charge is 0.0212 e. The summed E-state index contributed by atoms with van der Waals surface area (Å²) in [6, 6.07) is 0. The summed E-state index contributed by atoms with van der Waals surface area (Å²) in [5.74, 6) is 0. The Morgan fingerprint density at radius 3 is 2.53 bits per heavy atom. The second-order valence-corrected chi connectivity index (χ2v) is 4.77. The Hall–Kier alpha value is -0.720. The average molecular weight is 207 g/mol. The van der Waals surface area contributed by atoms with E-state index in [9.17, 15) is 0 Å². The molecular weight excluding hydrogens is 182 g/mol. The lowest BCUT2D eigenvalue weighted by Crippen LogP contribution is -2.25. The third-order valence-corrected chi connectivity index (χ3v) is 3.14. The molecule has 1 rings (SSSR count). The Labute approximate surface area is 94.9 Å². The molecule has 0 N–H and O–H groups in total. The Morgan fingerprint density at radius 1 is 1.33 bits per heavy atom. The summed E-state index contributed by atoms with van der Waals surface area (Å²) in [7, 11) is 0. The third kappa shape index (κ3) is 3.73. The number of hydrogen-bond donors (Lipinski definition) is 0. The van der Waals surface area contributed by atoms with Crippen molar-refractivity contribution < 1.29 is 0 Å². The lowest BCUT2D eigenvalue weighted by atomic mass is 10.2. The lowest BCUT2D eigenvalue weighted by Gasteiger charge is -2.26. The molecule has 1 aliphatic carbocycles. The molecule has 1 nitrogen and oxygen atoms in total. The van der Waals surface area contributed by atoms with E-state index < -0.39 is 0 Å². The van der Waals surface area contributed by atoms with Crippen molar-refractivity contribution in [3.8, 4) is 0 Å². The highest BCUT2D eigenvalue weighted by atomic mass is 15.1. The van der Waals surface area contributed by atoms with E-state index in [0.717, 1.165) is 13.0 Å². The Morgan fingerprint density at radius 2 is 2.07 bits per heavy atom. The minimum atomic E-state index is 1.14. The van der Waals surface area contributed by atoms with Crippen LogP contribution in [-0.2, 0) is 0 Å². The van der Waals surface area contributed by atoms with E-state index in [1.165, 1.54) is 37.8 Å². The predicted octanol–water partition coefficient (Wildman–Crippen LogP) is 4.12. The van der Waals surface area contributed by atoms with Gasteiger partial charge in [-0.15, -0.1) is 6.58 Å². The molecule has 0 saturated heterocycles. The van der Waals surface area contributed by atoms with Crippen LogP contribution in [0.2, 0.25) is 0 Å². The van der Waals surface area contributed by atoms with Gasteiger partial charge < -0.3 is 4.90 Å². The van der Waals surface area contributed by atoms with Crippen molar-refractivity contribution in [1.29, 1.82) is 0 Å². The summed E-state index contributed by atoms with van der Waals surface area (Å²) >= 11 is 0. The van der Waals surface area contributed by atoms with Gasteiger partial charge in [0.1, 0.15) is 0 Å². The standard InChI is InChI=1S/C14H25N/c1-5-10-15(11-9-12(2)3)14-8-6-7-13(14)4/h2,5-11H2,1,3-4H3. The quantitative estimate of drug-likeness (QED) is 0.592. The Bertz CT molecular complexity index is 250. The van der Waals surface area contributed by atoms with Crippen LogP contribution in [-0.4, -0.2) is 18.0 Å². The summed E-state index contributed by atoms with van der Waals surface area (Å²) in [4.78, 5) is 2.58. The number of hydrogen-bond acceptors (Lipinski definition) is 1. The van der Waals surface area contributed by atoms with E-state index >= 15 is 0 Å². The van der Waals surface area contributed by atoms with Gasteiger partial charge in [-0.25, -0.2) is 0 Å². The van der Waals surface area contributed by atoms with E-state index in [1.54, 1.807) is 11.3 Å². The molecule has 0 bridgehead atoms. The molecule has 15 heavy (non-hydrogen) atoms. The van der Waals surface area contributed by atoms with Gasteiger partial charge in [0.25, 0.3) is 0 Å². The molecular formula is C14H25N.